The molecule has 1 fully saturated rings. The van der Waals surface area contributed by atoms with Crippen molar-refractivity contribution in [1.29, 1.82) is 0 Å². The molecule has 0 aromatic carbocycles. The summed E-state index contributed by atoms with van der Waals surface area (Å²) in [6, 6.07) is 2.20. The summed E-state index contributed by atoms with van der Waals surface area (Å²) in [5.74, 6) is 0.523. The van der Waals surface area contributed by atoms with E-state index < -0.39 is 0 Å². The van der Waals surface area contributed by atoms with Crippen LogP contribution in [0.4, 0.5) is 5.82 Å². The maximum atomic E-state index is 12.1. The van der Waals surface area contributed by atoms with Crippen molar-refractivity contribution in [3.05, 3.63) is 12.3 Å². The van der Waals surface area contributed by atoms with E-state index in [2.05, 4.69) is 16.9 Å². The van der Waals surface area contributed by atoms with Gasteiger partial charge in [0.25, 0.3) is 0 Å². The summed E-state index contributed by atoms with van der Waals surface area (Å²) in [5.41, 5.74) is 5.54. The lowest BCUT2D eigenvalue weighted by atomic mass is 10.2. The van der Waals surface area contributed by atoms with Crippen LogP contribution in [0, 0.1) is 0 Å². The van der Waals surface area contributed by atoms with Gasteiger partial charge in [-0.05, 0) is 32.0 Å². The Morgan fingerprint density at radius 2 is 2.42 bits per heavy atom. The average molecular weight is 265 g/mol. The van der Waals surface area contributed by atoms with Crippen LogP contribution in [0.15, 0.2) is 12.3 Å². The Balaban J connectivity index is 1.85. The normalized spacial score (nSPS) is 19.8. The maximum absolute atomic E-state index is 12.1. The summed E-state index contributed by atoms with van der Waals surface area (Å²) in [4.78, 5) is 16.4. The van der Waals surface area contributed by atoms with Crippen molar-refractivity contribution in [2.24, 2.45) is 0 Å². The molecule has 1 aliphatic heterocycles. The molecule has 1 aromatic rings. The van der Waals surface area contributed by atoms with Gasteiger partial charge in [0.15, 0.2) is 0 Å². The van der Waals surface area contributed by atoms with Crippen molar-refractivity contribution in [1.82, 2.24) is 19.6 Å². The van der Waals surface area contributed by atoms with Gasteiger partial charge in [0.05, 0.1) is 0 Å². The van der Waals surface area contributed by atoms with Crippen LogP contribution in [0.5, 0.6) is 0 Å². The third kappa shape index (κ3) is 3.47. The predicted octanol–water partition coefficient (Wildman–Crippen LogP) is 0.408. The first-order valence-corrected chi connectivity index (χ1v) is 6.87. The summed E-state index contributed by atoms with van der Waals surface area (Å²) in [6.45, 7) is 5.43. The molecule has 1 saturated heterocycles. The molecule has 0 aliphatic carbocycles. The van der Waals surface area contributed by atoms with Crippen LogP contribution in [0.1, 0.15) is 19.8 Å². The van der Waals surface area contributed by atoms with E-state index in [0.717, 1.165) is 19.6 Å². The monoisotopic (exact) mass is 265 g/mol. The summed E-state index contributed by atoms with van der Waals surface area (Å²) >= 11 is 0. The van der Waals surface area contributed by atoms with Gasteiger partial charge >= 0.3 is 0 Å². The Morgan fingerprint density at radius 1 is 1.63 bits per heavy atom. The summed E-state index contributed by atoms with van der Waals surface area (Å²) < 4.78 is 1.58. The van der Waals surface area contributed by atoms with Gasteiger partial charge in [-0.15, -0.1) is 0 Å². The molecule has 1 amide bonds. The molecule has 0 bridgehead atoms. The third-order valence-corrected chi connectivity index (χ3v) is 3.77. The van der Waals surface area contributed by atoms with Gasteiger partial charge in [-0.25, -0.2) is 0 Å². The van der Waals surface area contributed by atoms with Crippen LogP contribution in [-0.2, 0) is 11.3 Å². The zero-order valence-electron chi connectivity index (χ0n) is 11.7. The standard InChI is InChI=1S/C13H23N5O/c1-3-17-7-4-5-11(17)9-16(2)13(19)10-18-8-6-12(14)15-18/h6,8,11H,3-5,7,9-10H2,1-2H3,(H2,14,15). The smallest absolute Gasteiger partial charge is 0.244 e. The minimum absolute atomic E-state index is 0.0750. The Labute approximate surface area is 114 Å². The van der Waals surface area contributed by atoms with Crippen molar-refractivity contribution < 1.29 is 4.79 Å². The second-order valence-electron chi connectivity index (χ2n) is 5.14. The highest BCUT2D eigenvalue weighted by atomic mass is 16.2. The molecule has 1 atom stereocenters. The molecule has 2 heterocycles. The van der Waals surface area contributed by atoms with Gasteiger partial charge in [-0.2, -0.15) is 5.10 Å². The second kappa shape index (κ2) is 6.06. The van der Waals surface area contributed by atoms with Crippen LogP contribution in [0.2, 0.25) is 0 Å². The summed E-state index contributed by atoms with van der Waals surface area (Å²) in [6.07, 6.45) is 4.14. The zero-order valence-corrected chi connectivity index (χ0v) is 11.7. The lowest BCUT2D eigenvalue weighted by Gasteiger charge is -2.27. The number of nitrogens with two attached hydrogens (primary N) is 1. The van der Waals surface area contributed by atoms with Crippen molar-refractivity contribution in [2.45, 2.75) is 32.4 Å². The largest absolute Gasteiger partial charge is 0.382 e. The molecule has 19 heavy (non-hydrogen) atoms. The summed E-state index contributed by atoms with van der Waals surface area (Å²) in [7, 11) is 1.86. The minimum atomic E-state index is 0.0750. The zero-order chi connectivity index (χ0) is 13.8. The van der Waals surface area contributed by atoms with Gasteiger partial charge in [0, 0.05) is 25.8 Å². The fourth-order valence-electron chi connectivity index (χ4n) is 2.66. The molecule has 6 heteroatoms. The SMILES string of the molecule is CCN1CCCC1CN(C)C(=O)Cn1ccc(N)n1. The van der Waals surface area contributed by atoms with Crippen LogP contribution < -0.4 is 5.73 Å². The van der Waals surface area contributed by atoms with Gasteiger partial charge in [-0.3, -0.25) is 14.4 Å². The molecule has 1 aliphatic rings. The quantitative estimate of drug-likeness (QED) is 0.837. The lowest BCUT2D eigenvalue weighted by Crippen LogP contribution is -2.42. The first-order valence-electron chi connectivity index (χ1n) is 6.87. The van der Waals surface area contributed by atoms with Crippen LogP contribution in [0.25, 0.3) is 0 Å². The topological polar surface area (TPSA) is 67.4 Å². The molecule has 2 N–H and O–H groups in total. The van der Waals surface area contributed by atoms with E-state index in [1.54, 1.807) is 21.8 Å². The highest BCUT2D eigenvalue weighted by Crippen LogP contribution is 2.17. The van der Waals surface area contributed by atoms with Gasteiger partial charge < -0.3 is 10.6 Å². The van der Waals surface area contributed by atoms with E-state index in [1.807, 2.05) is 7.05 Å². The number of likely N-dealkylation sites (tertiary alicyclic amines) is 1. The van der Waals surface area contributed by atoms with E-state index >= 15 is 0 Å². The maximum Gasteiger partial charge on any atom is 0.244 e. The van der Waals surface area contributed by atoms with E-state index in [9.17, 15) is 4.79 Å². The van der Waals surface area contributed by atoms with Crippen LogP contribution in [-0.4, -0.2) is 58.2 Å². The number of aromatic nitrogens is 2. The molecule has 1 aromatic heterocycles. The lowest BCUT2D eigenvalue weighted by molar-refractivity contribution is -0.131. The molecule has 0 saturated carbocycles. The highest BCUT2D eigenvalue weighted by molar-refractivity contribution is 5.75. The number of nitrogen functional groups attached to an aromatic ring is 1. The van der Waals surface area contributed by atoms with Crippen molar-refractivity contribution in [3.63, 3.8) is 0 Å². The van der Waals surface area contributed by atoms with Gasteiger partial charge in [0.1, 0.15) is 12.4 Å². The number of carbonyl (C=O) groups is 1. The van der Waals surface area contributed by atoms with Crippen LogP contribution >= 0.6 is 0 Å². The van der Waals surface area contributed by atoms with Gasteiger partial charge in [-0.1, -0.05) is 6.92 Å². The molecule has 6 nitrogen and oxygen atoms in total. The van der Waals surface area contributed by atoms with E-state index in [0.29, 0.717) is 11.9 Å². The Morgan fingerprint density at radius 3 is 3.05 bits per heavy atom. The second-order valence-corrected chi connectivity index (χ2v) is 5.14. The minimum Gasteiger partial charge on any atom is -0.382 e. The first-order chi connectivity index (χ1) is 9.10. The van der Waals surface area contributed by atoms with E-state index in [1.165, 1.54) is 12.8 Å². The number of amides is 1. The number of hydrogen-bond acceptors (Lipinski definition) is 4. The van der Waals surface area contributed by atoms with Crippen molar-refractivity contribution in [2.75, 3.05) is 32.4 Å². The number of nitrogens with zero attached hydrogens (tertiary/aromatic N) is 4. The molecule has 0 radical (unpaired) electrons. The Bertz CT molecular complexity index is 430. The van der Waals surface area contributed by atoms with E-state index in [4.69, 9.17) is 5.73 Å². The fourth-order valence-corrected chi connectivity index (χ4v) is 2.66. The number of rotatable bonds is 5. The molecular formula is C13H23N5O. The fraction of sp³-hybridized carbons (Fsp3) is 0.692. The number of carbonyl (C=O) groups excluding carboxylic acids is 1. The third-order valence-electron chi connectivity index (χ3n) is 3.77. The molecule has 0 spiro atoms. The Kier molecular flexibility index (Phi) is 4.42. The number of anilines is 1. The molecule has 106 valence electrons. The summed E-state index contributed by atoms with van der Waals surface area (Å²) in [5, 5.41) is 4.03. The molecule has 1 unspecified atom stereocenters. The van der Waals surface area contributed by atoms with Crippen molar-refractivity contribution >= 4 is 11.7 Å². The van der Waals surface area contributed by atoms with Crippen LogP contribution in [0.3, 0.4) is 0 Å². The number of likely N-dealkylation sites (N-methyl/N-ethyl adjacent to an activating group) is 2. The highest BCUT2D eigenvalue weighted by Gasteiger charge is 2.25. The molecular weight excluding hydrogens is 242 g/mol. The average Bonchev–Trinajstić information content (AvgIpc) is 2.98. The van der Waals surface area contributed by atoms with Gasteiger partial charge in [0.2, 0.25) is 5.91 Å². The molecule has 2 rings (SSSR count). The predicted molar refractivity (Wildman–Crippen MR) is 74.5 cm³/mol. The first kappa shape index (κ1) is 13.9. The van der Waals surface area contributed by atoms with E-state index in [-0.39, 0.29) is 12.5 Å². The number of hydrogen-bond donors (Lipinski definition) is 1. The van der Waals surface area contributed by atoms with Crippen molar-refractivity contribution in [3.8, 4) is 0 Å². The Hall–Kier alpha value is -1.56.